The number of hydrogen-bond acceptors (Lipinski definition) is 5. The third-order valence-corrected chi connectivity index (χ3v) is 4.58. The molecule has 0 spiro atoms. The fourth-order valence-electron chi connectivity index (χ4n) is 3.07. The molecule has 1 saturated carbocycles. The molecule has 1 amide bonds. The molecule has 0 radical (unpaired) electrons. The fourth-order valence-corrected chi connectivity index (χ4v) is 3.07. The van der Waals surface area contributed by atoms with Gasteiger partial charge in [0.15, 0.2) is 0 Å². The Morgan fingerprint density at radius 2 is 2.12 bits per heavy atom. The van der Waals surface area contributed by atoms with Gasteiger partial charge in [0.1, 0.15) is 12.4 Å². The molecule has 2 aromatic heterocycles. The van der Waals surface area contributed by atoms with Gasteiger partial charge in [0, 0.05) is 25.7 Å². The number of ether oxygens (including phenoxy) is 1. The predicted molar refractivity (Wildman–Crippen MR) is 88.3 cm³/mol. The second-order valence-corrected chi connectivity index (χ2v) is 6.13. The van der Waals surface area contributed by atoms with Gasteiger partial charge in [0.05, 0.1) is 23.8 Å². The number of amides is 1. The molecule has 0 bridgehead atoms. The fraction of sp³-hybridized carbons (Fsp3) is 0.471. The summed E-state index contributed by atoms with van der Waals surface area (Å²) in [7, 11) is 3.60. The molecule has 0 aromatic carbocycles. The zero-order chi connectivity index (χ0) is 17.1. The first kappa shape index (κ1) is 16.3. The van der Waals surface area contributed by atoms with Gasteiger partial charge in [-0.15, -0.1) is 0 Å². The van der Waals surface area contributed by atoms with E-state index in [9.17, 15) is 9.90 Å². The number of carbonyl (C=O) groups excluding carboxylic acids is 1. The van der Waals surface area contributed by atoms with Crippen LogP contribution in [-0.4, -0.2) is 44.0 Å². The largest absolute Gasteiger partial charge is 0.506 e. The predicted octanol–water partition coefficient (Wildman–Crippen LogP) is 2.70. The van der Waals surface area contributed by atoms with Crippen LogP contribution >= 0.6 is 0 Å². The lowest BCUT2D eigenvalue weighted by molar-refractivity contribution is 0.0899. The molecule has 0 saturated heterocycles. The average Bonchev–Trinajstić information content (AvgIpc) is 3.23. The van der Waals surface area contributed by atoms with Crippen LogP contribution < -0.4 is 0 Å². The number of hydrogen-bond donors (Lipinski definition) is 1. The molecule has 7 heteroatoms. The van der Waals surface area contributed by atoms with Gasteiger partial charge in [0.2, 0.25) is 0 Å². The van der Waals surface area contributed by atoms with Gasteiger partial charge >= 0.3 is 6.09 Å². The van der Waals surface area contributed by atoms with Crippen molar-refractivity contribution < 1.29 is 14.6 Å². The number of aromatic nitrogens is 3. The Morgan fingerprint density at radius 3 is 2.79 bits per heavy atom. The number of aryl methyl sites for hydroxylation is 1. The van der Waals surface area contributed by atoms with Gasteiger partial charge < -0.3 is 14.7 Å². The third-order valence-electron chi connectivity index (χ3n) is 4.58. The lowest BCUT2D eigenvalue weighted by Crippen LogP contribution is -2.35. The van der Waals surface area contributed by atoms with Crippen LogP contribution in [0, 0.1) is 0 Å². The smallest absolute Gasteiger partial charge is 0.410 e. The molecule has 1 aliphatic carbocycles. The first-order valence-corrected chi connectivity index (χ1v) is 8.12. The highest BCUT2D eigenvalue weighted by molar-refractivity contribution is 5.68. The minimum atomic E-state index is -0.312. The van der Waals surface area contributed by atoms with E-state index in [0.29, 0.717) is 5.69 Å². The summed E-state index contributed by atoms with van der Waals surface area (Å²) in [5.74, 6) is 0.105. The molecular weight excluding hydrogens is 308 g/mol. The van der Waals surface area contributed by atoms with Gasteiger partial charge in [-0.3, -0.25) is 9.67 Å². The molecule has 1 aliphatic rings. The topological polar surface area (TPSA) is 80.5 Å². The van der Waals surface area contributed by atoms with Crippen molar-refractivity contribution >= 4 is 6.09 Å². The van der Waals surface area contributed by atoms with E-state index in [0.717, 1.165) is 24.1 Å². The van der Waals surface area contributed by atoms with E-state index in [2.05, 4.69) is 10.1 Å². The second-order valence-electron chi connectivity index (χ2n) is 6.13. The maximum atomic E-state index is 12.3. The Bertz CT molecular complexity index is 705. The van der Waals surface area contributed by atoms with Crippen LogP contribution in [0.5, 0.6) is 5.75 Å². The maximum Gasteiger partial charge on any atom is 0.410 e. The van der Waals surface area contributed by atoms with Crippen molar-refractivity contribution in [3.8, 4) is 17.0 Å². The summed E-state index contributed by atoms with van der Waals surface area (Å²) in [6, 6.07) is 3.56. The summed E-state index contributed by atoms with van der Waals surface area (Å²) < 4.78 is 7.15. The van der Waals surface area contributed by atoms with Crippen molar-refractivity contribution in [1.29, 1.82) is 0 Å². The molecule has 1 N–H and O–H groups in total. The van der Waals surface area contributed by atoms with Crippen molar-refractivity contribution in [2.24, 2.45) is 7.05 Å². The highest BCUT2D eigenvalue weighted by Crippen LogP contribution is 2.25. The lowest BCUT2D eigenvalue weighted by atomic mass is 10.1. The number of rotatable bonds is 4. The molecule has 2 heterocycles. The summed E-state index contributed by atoms with van der Waals surface area (Å²) in [4.78, 5) is 18.1. The zero-order valence-corrected chi connectivity index (χ0v) is 14.0. The highest BCUT2D eigenvalue weighted by Gasteiger charge is 2.25. The molecule has 3 rings (SSSR count). The molecule has 7 nitrogen and oxygen atoms in total. The molecular formula is C17H22N4O3. The van der Waals surface area contributed by atoms with Crippen molar-refractivity contribution in [3.63, 3.8) is 0 Å². The van der Waals surface area contributed by atoms with Crippen LogP contribution in [0.3, 0.4) is 0 Å². The van der Waals surface area contributed by atoms with Gasteiger partial charge in [-0.1, -0.05) is 12.8 Å². The summed E-state index contributed by atoms with van der Waals surface area (Å²) in [5.41, 5.74) is 2.23. The van der Waals surface area contributed by atoms with Gasteiger partial charge in [-0.2, -0.15) is 5.10 Å². The molecule has 0 aliphatic heterocycles. The Balaban J connectivity index is 1.70. The van der Waals surface area contributed by atoms with E-state index in [1.165, 1.54) is 19.0 Å². The molecule has 128 valence electrons. The maximum absolute atomic E-state index is 12.3. The first-order valence-electron chi connectivity index (χ1n) is 8.12. The van der Waals surface area contributed by atoms with Crippen molar-refractivity contribution in [1.82, 2.24) is 19.7 Å². The lowest BCUT2D eigenvalue weighted by Gasteiger charge is -2.23. The Hall–Kier alpha value is -2.57. The zero-order valence-electron chi connectivity index (χ0n) is 14.0. The molecule has 0 atom stereocenters. The van der Waals surface area contributed by atoms with Crippen molar-refractivity contribution in [2.75, 3.05) is 7.05 Å². The van der Waals surface area contributed by atoms with E-state index in [1.807, 2.05) is 0 Å². The molecule has 1 fully saturated rings. The van der Waals surface area contributed by atoms with E-state index in [1.54, 1.807) is 42.0 Å². The molecule has 2 aromatic rings. The average molecular weight is 330 g/mol. The van der Waals surface area contributed by atoms with Crippen molar-refractivity contribution in [2.45, 2.75) is 38.3 Å². The van der Waals surface area contributed by atoms with Crippen LogP contribution in [0.4, 0.5) is 4.79 Å². The van der Waals surface area contributed by atoms with Crippen LogP contribution in [-0.2, 0) is 18.4 Å². The highest BCUT2D eigenvalue weighted by atomic mass is 16.6. The Labute approximate surface area is 140 Å². The normalized spacial score (nSPS) is 14.8. The van der Waals surface area contributed by atoms with Gasteiger partial charge in [-0.05, 0) is 25.0 Å². The number of pyridine rings is 1. The third kappa shape index (κ3) is 3.34. The Morgan fingerprint density at radius 1 is 1.38 bits per heavy atom. The quantitative estimate of drug-likeness (QED) is 0.932. The first-order chi connectivity index (χ1) is 11.6. The van der Waals surface area contributed by atoms with E-state index >= 15 is 0 Å². The SMILES string of the molecule is CN(C(=O)OCc1c(-c2ccc(O)cn2)cnn1C)C1CCCC1. The Kier molecular flexibility index (Phi) is 4.69. The number of carbonyl (C=O) groups is 1. The minimum absolute atomic E-state index is 0.105. The molecule has 0 unspecified atom stereocenters. The van der Waals surface area contributed by atoms with E-state index in [-0.39, 0.29) is 24.5 Å². The van der Waals surface area contributed by atoms with Crippen molar-refractivity contribution in [3.05, 3.63) is 30.2 Å². The van der Waals surface area contributed by atoms with E-state index < -0.39 is 0 Å². The molecule has 24 heavy (non-hydrogen) atoms. The van der Waals surface area contributed by atoms with Gasteiger partial charge in [-0.25, -0.2) is 4.79 Å². The van der Waals surface area contributed by atoms with Gasteiger partial charge in [0.25, 0.3) is 0 Å². The standard InChI is InChI=1S/C17H22N4O3/c1-20(12-5-3-4-6-12)17(23)24-11-16-14(10-19-21(16)2)15-8-7-13(22)9-18-15/h7-10,12,22H,3-6,11H2,1-2H3. The summed E-state index contributed by atoms with van der Waals surface area (Å²) in [6.45, 7) is 0.129. The number of aromatic hydroxyl groups is 1. The van der Waals surface area contributed by atoms with Crippen LogP contribution in [0.25, 0.3) is 11.3 Å². The summed E-state index contributed by atoms with van der Waals surface area (Å²) >= 11 is 0. The van der Waals surface area contributed by atoms with Crippen LogP contribution in [0.1, 0.15) is 31.4 Å². The second kappa shape index (κ2) is 6.90. The van der Waals surface area contributed by atoms with E-state index in [4.69, 9.17) is 4.74 Å². The monoisotopic (exact) mass is 330 g/mol. The summed E-state index contributed by atoms with van der Waals surface area (Å²) in [5, 5.41) is 13.6. The summed E-state index contributed by atoms with van der Waals surface area (Å²) in [6.07, 6.45) is 7.17. The van der Waals surface area contributed by atoms with Crippen LogP contribution in [0.15, 0.2) is 24.5 Å². The van der Waals surface area contributed by atoms with Crippen LogP contribution in [0.2, 0.25) is 0 Å². The number of nitrogens with zero attached hydrogens (tertiary/aromatic N) is 4. The minimum Gasteiger partial charge on any atom is -0.506 e.